The van der Waals surface area contributed by atoms with Crippen LogP contribution >= 0.6 is 0 Å². The number of carbonyl (C=O) groups is 3. The summed E-state index contributed by atoms with van der Waals surface area (Å²) in [6.45, 7) is 3.15. The predicted octanol–water partition coefficient (Wildman–Crippen LogP) is 2.70. The first-order valence-corrected chi connectivity index (χ1v) is 11.3. The minimum Gasteiger partial charge on any atom is -0.451 e. The number of piperidine rings is 1. The van der Waals surface area contributed by atoms with Crippen LogP contribution in [0.25, 0.3) is 11.0 Å². The van der Waals surface area contributed by atoms with Gasteiger partial charge in [-0.25, -0.2) is 10.5 Å². The maximum Gasteiger partial charge on any atom is 0.289 e. The van der Waals surface area contributed by atoms with E-state index in [1.807, 2.05) is 24.3 Å². The molecule has 1 atom stereocenters. The summed E-state index contributed by atoms with van der Waals surface area (Å²) in [6, 6.07) is 9.33. The molecule has 9 heteroatoms. The van der Waals surface area contributed by atoms with Crippen LogP contribution in [0.4, 0.5) is 0 Å². The molecular formula is C23H32N4O5. The molecule has 1 fully saturated rings. The zero-order valence-corrected chi connectivity index (χ0v) is 18.5. The van der Waals surface area contributed by atoms with Crippen LogP contribution < -0.4 is 10.9 Å². The standard InChI is InChI=1S/C23H32N4O5/c1-2-3-4-8-18(15-27(31)16-28)22(29)25-24-19-10-12-26(13-11-19)23(30)21-14-17-7-5-6-9-20(17)32-21/h5-7,9,14,16,18-19,24,31H,2-4,8,10-13,15H2,1H3,(H,25,29)/t18-/m1/s1. The molecule has 3 amide bonds. The van der Waals surface area contributed by atoms with Crippen molar-refractivity contribution in [3.63, 3.8) is 0 Å². The van der Waals surface area contributed by atoms with Crippen molar-refractivity contribution in [3.05, 3.63) is 36.1 Å². The number of amides is 3. The average molecular weight is 445 g/mol. The fourth-order valence-corrected chi connectivity index (χ4v) is 3.96. The summed E-state index contributed by atoms with van der Waals surface area (Å²) < 4.78 is 5.68. The Morgan fingerprint density at radius 1 is 1.28 bits per heavy atom. The second-order valence-electron chi connectivity index (χ2n) is 8.27. The third-order valence-electron chi connectivity index (χ3n) is 5.87. The maximum absolute atomic E-state index is 12.8. The molecule has 2 heterocycles. The first-order valence-electron chi connectivity index (χ1n) is 11.3. The van der Waals surface area contributed by atoms with Crippen LogP contribution in [0.1, 0.15) is 56.0 Å². The van der Waals surface area contributed by atoms with Gasteiger partial charge in [0.05, 0.1) is 12.5 Å². The lowest BCUT2D eigenvalue weighted by atomic mass is 10.0. The minimum atomic E-state index is -0.487. The zero-order chi connectivity index (χ0) is 22.9. The van der Waals surface area contributed by atoms with Crippen molar-refractivity contribution in [2.24, 2.45) is 5.92 Å². The lowest BCUT2D eigenvalue weighted by molar-refractivity contribution is -0.154. The molecule has 3 rings (SSSR count). The molecule has 174 valence electrons. The van der Waals surface area contributed by atoms with Crippen molar-refractivity contribution in [2.45, 2.75) is 51.5 Å². The number of nitrogens with one attached hydrogen (secondary N) is 2. The molecule has 32 heavy (non-hydrogen) atoms. The second kappa shape index (κ2) is 11.6. The van der Waals surface area contributed by atoms with E-state index < -0.39 is 5.92 Å². The molecule has 0 saturated carbocycles. The fraction of sp³-hybridized carbons (Fsp3) is 0.522. The highest BCUT2D eigenvalue weighted by molar-refractivity contribution is 5.96. The monoisotopic (exact) mass is 444 g/mol. The van der Waals surface area contributed by atoms with Gasteiger partial charge in [0.1, 0.15) is 5.58 Å². The summed E-state index contributed by atoms with van der Waals surface area (Å²) >= 11 is 0. The van der Waals surface area contributed by atoms with Crippen LogP contribution in [0, 0.1) is 5.92 Å². The normalized spacial score (nSPS) is 15.5. The number of rotatable bonds is 11. The van der Waals surface area contributed by atoms with E-state index in [1.54, 1.807) is 11.0 Å². The number of para-hydroxylation sites is 1. The van der Waals surface area contributed by atoms with Crippen LogP contribution in [-0.2, 0) is 9.59 Å². The highest BCUT2D eigenvalue weighted by Crippen LogP contribution is 2.21. The van der Waals surface area contributed by atoms with Crippen molar-refractivity contribution in [3.8, 4) is 0 Å². The molecule has 3 N–H and O–H groups in total. The molecule has 2 aromatic rings. The van der Waals surface area contributed by atoms with Gasteiger partial charge >= 0.3 is 0 Å². The Morgan fingerprint density at radius 3 is 2.72 bits per heavy atom. The number of carbonyl (C=O) groups excluding carboxylic acids is 3. The van der Waals surface area contributed by atoms with E-state index in [4.69, 9.17) is 4.42 Å². The largest absolute Gasteiger partial charge is 0.451 e. The number of hydrogen-bond acceptors (Lipinski definition) is 6. The highest BCUT2D eigenvalue weighted by atomic mass is 16.5. The van der Waals surface area contributed by atoms with E-state index in [9.17, 15) is 19.6 Å². The van der Waals surface area contributed by atoms with E-state index in [0.717, 1.165) is 24.6 Å². The third kappa shape index (κ3) is 6.30. The van der Waals surface area contributed by atoms with Gasteiger partial charge in [0.2, 0.25) is 12.3 Å². The number of hydroxylamine groups is 2. The average Bonchev–Trinajstić information content (AvgIpc) is 3.26. The Balaban J connectivity index is 1.46. The molecule has 0 aliphatic carbocycles. The molecule has 1 aliphatic rings. The smallest absolute Gasteiger partial charge is 0.289 e. The number of hydrazine groups is 1. The van der Waals surface area contributed by atoms with Gasteiger partial charge in [0.15, 0.2) is 5.76 Å². The quantitative estimate of drug-likeness (QED) is 0.212. The number of hydrogen-bond donors (Lipinski definition) is 3. The van der Waals surface area contributed by atoms with Crippen LogP contribution in [-0.4, -0.2) is 59.1 Å². The van der Waals surface area contributed by atoms with E-state index in [0.29, 0.717) is 55.2 Å². The minimum absolute atomic E-state index is 0.0336. The van der Waals surface area contributed by atoms with Gasteiger partial charge in [0.25, 0.3) is 5.91 Å². The molecule has 0 radical (unpaired) electrons. The van der Waals surface area contributed by atoms with Crippen molar-refractivity contribution < 1.29 is 24.0 Å². The molecule has 1 saturated heterocycles. The fourth-order valence-electron chi connectivity index (χ4n) is 3.96. The Kier molecular flexibility index (Phi) is 8.64. The number of unbranched alkanes of at least 4 members (excludes halogenated alkanes) is 2. The summed E-state index contributed by atoms with van der Waals surface area (Å²) in [5.41, 5.74) is 6.49. The Labute approximate surface area is 187 Å². The lowest BCUT2D eigenvalue weighted by Crippen LogP contribution is -2.52. The molecule has 9 nitrogen and oxygen atoms in total. The van der Waals surface area contributed by atoms with Gasteiger partial charge in [-0.15, -0.1) is 0 Å². The van der Waals surface area contributed by atoms with Gasteiger partial charge in [-0.2, -0.15) is 0 Å². The number of furan rings is 1. The van der Waals surface area contributed by atoms with Crippen molar-refractivity contribution >= 4 is 29.2 Å². The van der Waals surface area contributed by atoms with Gasteiger partial charge in [-0.05, 0) is 31.4 Å². The first kappa shape index (κ1) is 23.7. The second-order valence-corrected chi connectivity index (χ2v) is 8.27. The molecule has 1 aromatic heterocycles. The summed E-state index contributed by atoms with van der Waals surface area (Å²) in [6.07, 6.45) is 5.14. The summed E-state index contributed by atoms with van der Waals surface area (Å²) in [7, 11) is 0. The van der Waals surface area contributed by atoms with Crippen LogP contribution in [0.2, 0.25) is 0 Å². The molecule has 0 unspecified atom stereocenters. The van der Waals surface area contributed by atoms with Crippen LogP contribution in [0.3, 0.4) is 0 Å². The van der Waals surface area contributed by atoms with Gasteiger partial charge < -0.3 is 9.32 Å². The van der Waals surface area contributed by atoms with Crippen molar-refractivity contribution in [1.82, 2.24) is 20.8 Å². The number of fused-ring (bicyclic) bond motifs is 1. The molecule has 1 aliphatic heterocycles. The highest BCUT2D eigenvalue weighted by Gasteiger charge is 2.27. The molecule has 0 spiro atoms. The number of benzene rings is 1. The molecule has 0 bridgehead atoms. The van der Waals surface area contributed by atoms with Crippen LogP contribution in [0.5, 0.6) is 0 Å². The Hall–Kier alpha value is -2.91. The van der Waals surface area contributed by atoms with Crippen molar-refractivity contribution in [2.75, 3.05) is 19.6 Å². The lowest BCUT2D eigenvalue weighted by Gasteiger charge is -2.32. The van der Waals surface area contributed by atoms with Crippen LogP contribution in [0.15, 0.2) is 34.7 Å². The van der Waals surface area contributed by atoms with E-state index in [1.165, 1.54) is 0 Å². The Morgan fingerprint density at radius 2 is 2.03 bits per heavy atom. The SMILES string of the molecule is CCCCC[C@H](CN(O)C=O)C(=O)NNC1CCN(C(=O)c2cc3ccccc3o2)CC1. The molecular weight excluding hydrogens is 412 g/mol. The summed E-state index contributed by atoms with van der Waals surface area (Å²) in [4.78, 5) is 37.8. The molecule has 1 aromatic carbocycles. The van der Waals surface area contributed by atoms with Crippen molar-refractivity contribution in [1.29, 1.82) is 0 Å². The maximum atomic E-state index is 12.8. The predicted molar refractivity (Wildman–Crippen MR) is 119 cm³/mol. The zero-order valence-electron chi connectivity index (χ0n) is 18.5. The van der Waals surface area contributed by atoms with Gasteiger partial charge in [-0.1, -0.05) is 44.4 Å². The van der Waals surface area contributed by atoms with E-state index in [-0.39, 0.29) is 24.4 Å². The van der Waals surface area contributed by atoms with Gasteiger partial charge in [-0.3, -0.25) is 25.0 Å². The first-order chi connectivity index (χ1) is 15.5. The summed E-state index contributed by atoms with van der Waals surface area (Å²) in [5, 5.41) is 10.9. The topological polar surface area (TPSA) is 115 Å². The summed E-state index contributed by atoms with van der Waals surface area (Å²) in [5.74, 6) is -0.525. The number of nitrogens with zero attached hydrogens (tertiary/aromatic N) is 2. The number of likely N-dealkylation sites (tertiary alicyclic amines) is 1. The van der Waals surface area contributed by atoms with Gasteiger partial charge in [0, 0.05) is 24.5 Å². The van der Waals surface area contributed by atoms with E-state index in [2.05, 4.69) is 17.8 Å². The third-order valence-corrected chi connectivity index (χ3v) is 5.87. The Bertz CT molecular complexity index is 874. The van der Waals surface area contributed by atoms with E-state index >= 15 is 0 Å².